The highest BCUT2D eigenvalue weighted by molar-refractivity contribution is 7.14. The van der Waals surface area contributed by atoms with Crippen LogP contribution in [-0.2, 0) is 16.0 Å². The first-order valence-electron chi connectivity index (χ1n) is 8.79. The molecule has 0 bridgehead atoms. The summed E-state index contributed by atoms with van der Waals surface area (Å²) < 4.78 is 19.8. The first-order valence-corrected chi connectivity index (χ1v) is 9.60. The lowest BCUT2D eigenvalue weighted by atomic mass is 10.1. The van der Waals surface area contributed by atoms with Crippen molar-refractivity contribution in [3.05, 3.63) is 40.9 Å². The molecule has 4 rings (SSSR count). The van der Waals surface area contributed by atoms with Crippen molar-refractivity contribution in [2.75, 3.05) is 32.8 Å². The van der Waals surface area contributed by atoms with Crippen molar-refractivity contribution in [3.8, 4) is 10.6 Å². The maximum atomic E-state index is 14.5. The van der Waals surface area contributed by atoms with Crippen molar-refractivity contribution in [1.82, 2.24) is 20.1 Å². The van der Waals surface area contributed by atoms with E-state index in [0.717, 1.165) is 18.1 Å². The van der Waals surface area contributed by atoms with Crippen LogP contribution in [0.1, 0.15) is 10.7 Å². The Morgan fingerprint density at radius 2 is 2.07 bits per heavy atom. The van der Waals surface area contributed by atoms with Crippen molar-refractivity contribution >= 4 is 27.9 Å². The molecule has 1 fully saturated rings. The average molecular weight is 386 g/mol. The number of hydrogen-bond donors (Lipinski definition) is 0. The Morgan fingerprint density at radius 3 is 2.81 bits per heavy atom. The van der Waals surface area contributed by atoms with Crippen molar-refractivity contribution in [2.24, 2.45) is 0 Å². The second-order valence-electron chi connectivity index (χ2n) is 6.59. The van der Waals surface area contributed by atoms with Crippen LogP contribution < -0.4 is 0 Å². The number of hydrogen-bond acceptors (Lipinski definition) is 7. The minimum atomic E-state index is -0.353. The Kier molecular flexibility index (Phi) is 5.20. The van der Waals surface area contributed by atoms with Gasteiger partial charge in [-0.1, -0.05) is 11.3 Å². The Labute approximate surface area is 160 Å². The number of ketones is 1. The number of rotatable bonds is 5. The van der Waals surface area contributed by atoms with Gasteiger partial charge in [0.1, 0.15) is 15.8 Å². The molecule has 3 aromatic rings. The van der Waals surface area contributed by atoms with Crippen molar-refractivity contribution in [3.63, 3.8) is 0 Å². The molecule has 1 aromatic carbocycles. The summed E-state index contributed by atoms with van der Waals surface area (Å²) in [5.41, 5.74) is 1.33. The topological polar surface area (TPSA) is 68.2 Å². The molecule has 0 atom stereocenters. The van der Waals surface area contributed by atoms with Crippen LogP contribution in [0.25, 0.3) is 21.3 Å². The number of fused-ring (bicyclic) bond motifs is 1. The lowest BCUT2D eigenvalue weighted by Gasteiger charge is -2.25. The van der Waals surface area contributed by atoms with Crippen molar-refractivity contribution < 1.29 is 13.9 Å². The van der Waals surface area contributed by atoms with Gasteiger partial charge in [0, 0.05) is 35.9 Å². The summed E-state index contributed by atoms with van der Waals surface area (Å²) in [6.45, 7) is 5.12. The maximum Gasteiger partial charge on any atom is 0.152 e. The first-order chi connectivity index (χ1) is 13.1. The maximum absolute atomic E-state index is 14.5. The highest BCUT2D eigenvalue weighted by Gasteiger charge is 2.16. The van der Waals surface area contributed by atoms with Crippen molar-refractivity contribution in [1.29, 1.82) is 0 Å². The zero-order chi connectivity index (χ0) is 18.8. The number of benzene rings is 1. The number of halogens is 1. The molecule has 0 aliphatic carbocycles. The van der Waals surface area contributed by atoms with Gasteiger partial charge in [-0.25, -0.2) is 4.39 Å². The van der Waals surface area contributed by atoms with E-state index in [1.54, 1.807) is 6.07 Å². The Hall–Kier alpha value is -2.29. The minimum Gasteiger partial charge on any atom is -0.379 e. The molecule has 3 heterocycles. The number of aromatic nitrogens is 3. The second kappa shape index (κ2) is 7.75. The molecule has 0 spiro atoms. The summed E-state index contributed by atoms with van der Waals surface area (Å²) in [6.07, 6.45) is 1.73. The normalized spacial score (nSPS) is 15.3. The van der Waals surface area contributed by atoms with Gasteiger partial charge >= 0.3 is 0 Å². The van der Waals surface area contributed by atoms with Gasteiger partial charge in [0.15, 0.2) is 5.78 Å². The van der Waals surface area contributed by atoms with Crippen LogP contribution in [-0.4, -0.2) is 58.7 Å². The van der Waals surface area contributed by atoms with E-state index in [9.17, 15) is 9.18 Å². The van der Waals surface area contributed by atoms with Gasteiger partial charge in [-0.05, 0) is 30.5 Å². The molecule has 0 unspecified atom stereocenters. The van der Waals surface area contributed by atoms with Gasteiger partial charge in [0.25, 0.3) is 0 Å². The number of carbonyl (C=O) groups excluding carboxylic acids is 1. The Balaban J connectivity index is 1.56. The summed E-state index contributed by atoms with van der Waals surface area (Å²) in [7, 11) is 0. The van der Waals surface area contributed by atoms with E-state index in [-0.39, 0.29) is 18.0 Å². The summed E-state index contributed by atoms with van der Waals surface area (Å²) in [4.78, 5) is 18.7. The van der Waals surface area contributed by atoms with E-state index in [1.165, 1.54) is 23.6 Å². The molecule has 0 radical (unpaired) electrons. The summed E-state index contributed by atoms with van der Waals surface area (Å²) >= 11 is 1.42. The number of ether oxygens (including phenoxy) is 1. The third-order valence-corrected chi connectivity index (χ3v) is 5.39. The van der Waals surface area contributed by atoms with E-state index >= 15 is 0 Å². The van der Waals surface area contributed by atoms with Crippen LogP contribution in [0, 0.1) is 12.7 Å². The molecule has 1 aliphatic rings. The SMILES string of the molecule is Cc1nnc(-c2cc(F)c3cnc(CC(=O)CN4CCOCC4)cc3c2)s1. The van der Waals surface area contributed by atoms with Gasteiger partial charge in [-0.2, -0.15) is 0 Å². The fourth-order valence-electron chi connectivity index (χ4n) is 3.16. The van der Waals surface area contributed by atoms with Crippen LogP contribution in [0.4, 0.5) is 4.39 Å². The van der Waals surface area contributed by atoms with E-state index in [2.05, 4.69) is 20.1 Å². The fourth-order valence-corrected chi connectivity index (χ4v) is 3.84. The van der Waals surface area contributed by atoms with Gasteiger partial charge in [-0.3, -0.25) is 14.7 Å². The number of aryl methyl sites for hydroxylation is 1. The summed E-state index contributed by atoms with van der Waals surface area (Å²) in [6, 6.07) is 5.11. The lowest BCUT2D eigenvalue weighted by molar-refractivity contribution is -0.120. The summed E-state index contributed by atoms with van der Waals surface area (Å²) in [5, 5.41) is 10.7. The van der Waals surface area contributed by atoms with Crippen LogP contribution in [0.2, 0.25) is 0 Å². The van der Waals surface area contributed by atoms with Gasteiger partial charge < -0.3 is 4.74 Å². The van der Waals surface area contributed by atoms with Crippen LogP contribution in [0.15, 0.2) is 24.4 Å². The van der Waals surface area contributed by atoms with Crippen molar-refractivity contribution in [2.45, 2.75) is 13.3 Å². The van der Waals surface area contributed by atoms with Crippen LogP contribution in [0.3, 0.4) is 0 Å². The molecule has 0 saturated carbocycles. The highest BCUT2D eigenvalue weighted by atomic mass is 32.1. The Morgan fingerprint density at radius 1 is 1.26 bits per heavy atom. The number of nitrogens with zero attached hydrogens (tertiary/aromatic N) is 4. The fraction of sp³-hybridized carbons (Fsp3) is 0.368. The molecule has 27 heavy (non-hydrogen) atoms. The molecular weight excluding hydrogens is 367 g/mol. The zero-order valence-electron chi connectivity index (χ0n) is 14.9. The molecular formula is C19H19FN4O2S. The predicted molar refractivity (Wildman–Crippen MR) is 101 cm³/mol. The number of Topliss-reactive ketones (excluding diaryl/α,β-unsaturated/α-hetero) is 1. The largest absolute Gasteiger partial charge is 0.379 e. The minimum absolute atomic E-state index is 0.0973. The molecule has 0 N–H and O–H groups in total. The quantitative estimate of drug-likeness (QED) is 0.672. The second-order valence-corrected chi connectivity index (χ2v) is 7.77. The third-order valence-electron chi connectivity index (χ3n) is 4.50. The molecule has 1 saturated heterocycles. The molecule has 8 heteroatoms. The molecule has 2 aromatic heterocycles. The monoisotopic (exact) mass is 386 g/mol. The Bertz CT molecular complexity index is 985. The lowest BCUT2D eigenvalue weighted by Crippen LogP contribution is -2.39. The van der Waals surface area contributed by atoms with Crippen LogP contribution >= 0.6 is 11.3 Å². The van der Waals surface area contributed by atoms with Gasteiger partial charge in [0.2, 0.25) is 0 Å². The van der Waals surface area contributed by atoms with E-state index in [1.807, 2.05) is 13.0 Å². The van der Waals surface area contributed by atoms with E-state index < -0.39 is 0 Å². The molecule has 6 nitrogen and oxygen atoms in total. The van der Waals surface area contributed by atoms with Gasteiger partial charge in [-0.15, -0.1) is 10.2 Å². The van der Waals surface area contributed by atoms with E-state index in [4.69, 9.17) is 4.74 Å². The highest BCUT2D eigenvalue weighted by Crippen LogP contribution is 2.29. The molecule has 1 aliphatic heterocycles. The number of morpholine rings is 1. The first kappa shape index (κ1) is 18.1. The van der Waals surface area contributed by atoms with Gasteiger partial charge in [0.05, 0.1) is 26.2 Å². The molecule has 0 amide bonds. The third kappa shape index (κ3) is 4.18. The smallest absolute Gasteiger partial charge is 0.152 e. The van der Waals surface area contributed by atoms with E-state index in [0.29, 0.717) is 46.8 Å². The number of carbonyl (C=O) groups is 1. The predicted octanol–water partition coefficient (Wildman–Crippen LogP) is 2.64. The average Bonchev–Trinajstić information content (AvgIpc) is 3.08. The number of pyridine rings is 1. The molecule has 140 valence electrons. The standard InChI is InChI=1S/C19H19FN4O2S/c1-12-22-23-19(27-12)14-6-13-7-15(21-10-17(13)18(20)8-14)9-16(25)11-24-2-4-26-5-3-24/h6-8,10H,2-5,9,11H2,1H3. The summed E-state index contributed by atoms with van der Waals surface area (Å²) in [5.74, 6) is -0.255. The van der Waals surface area contributed by atoms with Crippen LogP contribution in [0.5, 0.6) is 0 Å². The zero-order valence-corrected chi connectivity index (χ0v) is 15.8.